The number of nitrogens with two attached hydrogens (primary N) is 1. The average molecular weight is 205 g/mol. The van der Waals surface area contributed by atoms with Crippen LogP contribution >= 0.6 is 0 Å². The van der Waals surface area contributed by atoms with Gasteiger partial charge in [-0.1, -0.05) is 13.0 Å². The summed E-state index contributed by atoms with van der Waals surface area (Å²) < 4.78 is 0. The molecule has 2 heterocycles. The zero-order valence-corrected chi connectivity index (χ0v) is 9.48. The highest BCUT2D eigenvalue weighted by Crippen LogP contribution is 2.27. The van der Waals surface area contributed by atoms with Gasteiger partial charge in [0.1, 0.15) is 11.6 Å². The Hall–Kier alpha value is -1.25. The van der Waals surface area contributed by atoms with Crippen molar-refractivity contribution in [2.75, 3.05) is 17.2 Å². The van der Waals surface area contributed by atoms with E-state index in [9.17, 15) is 0 Å². The number of hydrogen-bond donors (Lipinski definition) is 1. The third kappa shape index (κ3) is 2.06. The second-order valence-corrected chi connectivity index (χ2v) is 4.47. The van der Waals surface area contributed by atoms with Crippen LogP contribution in [0.5, 0.6) is 0 Å². The van der Waals surface area contributed by atoms with Crippen LogP contribution in [0, 0.1) is 5.92 Å². The highest BCUT2D eigenvalue weighted by Gasteiger charge is 2.25. The van der Waals surface area contributed by atoms with Crippen molar-refractivity contribution < 1.29 is 0 Å². The maximum Gasteiger partial charge on any atom is 0.131 e. The molecule has 1 aromatic rings. The van der Waals surface area contributed by atoms with Gasteiger partial charge in [-0.05, 0) is 37.8 Å². The van der Waals surface area contributed by atoms with Gasteiger partial charge in [0, 0.05) is 12.6 Å². The van der Waals surface area contributed by atoms with Crippen molar-refractivity contribution in [2.24, 2.45) is 5.92 Å². The van der Waals surface area contributed by atoms with Crippen LogP contribution in [0.15, 0.2) is 18.2 Å². The fourth-order valence-electron chi connectivity index (χ4n) is 2.26. The second-order valence-electron chi connectivity index (χ2n) is 4.47. The molecule has 15 heavy (non-hydrogen) atoms. The van der Waals surface area contributed by atoms with Crippen LogP contribution in [-0.2, 0) is 0 Å². The van der Waals surface area contributed by atoms with Crippen molar-refractivity contribution in [3.8, 4) is 0 Å². The molecule has 1 saturated heterocycles. The van der Waals surface area contributed by atoms with Gasteiger partial charge >= 0.3 is 0 Å². The standard InChI is InChI=1S/C12H19N3/c1-9-5-4-8-15(10(9)2)12-7-3-6-11(13)14-12/h3,6-7,9-10H,4-5,8H2,1-2H3,(H2,13,14). The molecule has 3 nitrogen and oxygen atoms in total. The monoisotopic (exact) mass is 205 g/mol. The van der Waals surface area contributed by atoms with E-state index in [1.807, 2.05) is 18.2 Å². The van der Waals surface area contributed by atoms with Crippen molar-refractivity contribution in [2.45, 2.75) is 32.7 Å². The zero-order chi connectivity index (χ0) is 10.8. The quantitative estimate of drug-likeness (QED) is 0.765. The minimum Gasteiger partial charge on any atom is -0.384 e. The summed E-state index contributed by atoms with van der Waals surface area (Å²) in [5.74, 6) is 2.37. The lowest BCUT2D eigenvalue weighted by Gasteiger charge is -2.38. The Morgan fingerprint density at radius 1 is 1.40 bits per heavy atom. The van der Waals surface area contributed by atoms with Gasteiger partial charge in [0.25, 0.3) is 0 Å². The largest absolute Gasteiger partial charge is 0.384 e. The molecule has 0 spiro atoms. The van der Waals surface area contributed by atoms with Crippen molar-refractivity contribution in [3.05, 3.63) is 18.2 Å². The minimum absolute atomic E-state index is 0.563. The number of rotatable bonds is 1. The third-order valence-corrected chi connectivity index (χ3v) is 3.42. The van der Waals surface area contributed by atoms with E-state index >= 15 is 0 Å². The molecule has 2 atom stereocenters. The van der Waals surface area contributed by atoms with Crippen molar-refractivity contribution >= 4 is 11.6 Å². The SMILES string of the molecule is CC1CCCN(c2cccc(N)n2)C1C. The first-order valence-electron chi connectivity index (χ1n) is 5.67. The molecule has 1 aliphatic rings. The summed E-state index contributed by atoms with van der Waals surface area (Å²) in [6, 6.07) is 6.42. The fourth-order valence-corrected chi connectivity index (χ4v) is 2.26. The van der Waals surface area contributed by atoms with E-state index in [1.165, 1.54) is 12.8 Å². The molecule has 2 N–H and O–H groups in total. The lowest BCUT2D eigenvalue weighted by atomic mass is 9.92. The molecule has 1 aromatic heterocycles. The molecule has 1 aliphatic heterocycles. The van der Waals surface area contributed by atoms with E-state index < -0.39 is 0 Å². The Labute approximate surface area is 91.3 Å². The molecule has 0 bridgehead atoms. The molecule has 0 aliphatic carbocycles. The van der Waals surface area contributed by atoms with Crippen LogP contribution < -0.4 is 10.6 Å². The Balaban J connectivity index is 2.22. The summed E-state index contributed by atoms with van der Waals surface area (Å²) in [4.78, 5) is 6.75. The zero-order valence-electron chi connectivity index (χ0n) is 9.48. The molecule has 3 heteroatoms. The first kappa shape index (κ1) is 10.3. The molecule has 0 saturated carbocycles. The maximum atomic E-state index is 5.71. The summed E-state index contributed by atoms with van der Waals surface area (Å²) >= 11 is 0. The number of pyridine rings is 1. The number of piperidine rings is 1. The molecular formula is C12H19N3. The van der Waals surface area contributed by atoms with Crippen LogP contribution in [0.3, 0.4) is 0 Å². The second kappa shape index (κ2) is 4.09. The lowest BCUT2D eigenvalue weighted by Crippen LogP contribution is -2.42. The van der Waals surface area contributed by atoms with E-state index in [2.05, 4.69) is 23.7 Å². The highest BCUT2D eigenvalue weighted by atomic mass is 15.2. The number of hydrogen-bond acceptors (Lipinski definition) is 3. The summed E-state index contributed by atoms with van der Waals surface area (Å²) in [6.45, 7) is 5.68. The van der Waals surface area contributed by atoms with Gasteiger partial charge in [0.2, 0.25) is 0 Å². The van der Waals surface area contributed by atoms with Crippen LogP contribution in [0.25, 0.3) is 0 Å². The first-order valence-corrected chi connectivity index (χ1v) is 5.67. The van der Waals surface area contributed by atoms with Gasteiger partial charge in [-0.2, -0.15) is 0 Å². The predicted octanol–water partition coefficient (Wildman–Crippen LogP) is 2.29. The summed E-state index contributed by atoms with van der Waals surface area (Å²) in [5, 5.41) is 0. The van der Waals surface area contributed by atoms with Crippen LogP contribution in [0.1, 0.15) is 26.7 Å². The van der Waals surface area contributed by atoms with Crippen LogP contribution in [-0.4, -0.2) is 17.6 Å². The summed E-state index contributed by atoms with van der Waals surface area (Å²) in [6.07, 6.45) is 2.57. The predicted molar refractivity (Wildman–Crippen MR) is 63.9 cm³/mol. The molecule has 0 amide bonds. The van der Waals surface area contributed by atoms with Gasteiger partial charge in [-0.3, -0.25) is 0 Å². The number of nitrogens with zero attached hydrogens (tertiary/aromatic N) is 2. The van der Waals surface area contributed by atoms with E-state index in [0.717, 1.165) is 18.3 Å². The van der Waals surface area contributed by atoms with Crippen LogP contribution in [0.4, 0.5) is 11.6 Å². The normalized spacial score (nSPS) is 26.7. The fraction of sp³-hybridized carbons (Fsp3) is 0.583. The Kier molecular flexibility index (Phi) is 2.80. The molecule has 82 valence electrons. The van der Waals surface area contributed by atoms with Crippen LogP contribution in [0.2, 0.25) is 0 Å². The number of aromatic nitrogens is 1. The van der Waals surface area contributed by atoms with E-state index in [4.69, 9.17) is 5.73 Å². The van der Waals surface area contributed by atoms with E-state index in [-0.39, 0.29) is 0 Å². The van der Waals surface area contributed by atoms with E-state index in [0.29, 0.717) is 11.9 Å². The Morgan fingerprint density at radius 2 is 2.20 bits per heavy atom. The van der Waals surface area contributed by atoms with E-state index in [1.54, 1.807) is 0 Å². The molecular weight excluding hydrogens is 186 g/mol. The van der Waals surface area contributed by atoms with Crippen molar-refractivity contribution in [3.63, 3.8) is 0 Å². The van der Waals surface area contributed by atoms with Crippen molar-refractivity contribution in [1.82, 2.24) is 4.98 Å². The van der Waals surface area contributed by atoms with Gasteiger partial charge in [-0.15, -0.1) is 0 Å². The van der Waals surface area contributed by atoms with Gasteiger partial charge in [-0.25, -0.2) is 4.98 Å². The Bertz CT molecular complexity index is 337. The smallest absolute Gasteiger partial charge is 0.131 e. The minimum atomic E-state index is 0.563. The molecule has 2 unspecified atom stereocenters. The Morgan fingerprint density at radius 3 is 2.93 bits per heavy atom. The maximum absolute atomic E-state index is 5.71. The average Bonchev–Trinajstić information content (AvgIpc) is 2.22. The van der Waals surface area contributed by atoms with Gasteiger partial charge < -0.3 is 10.6 Å². The van der Waals surface area contributed by atoms with Gasteiger partial charge in [0.15, 0.2) is 0 Å². The molecule has 0 radical (unpaired) electrons. The molecule has 1 fully saturated rings. The number of anilines is 2. The van der Waals surface area contributed by atoms with Crippen molar-refractivity contribution in [1.29, 1.82) is 0 Å². The lowest BCUT2D eigenvalue weighted by molar-refractivity contribution is 0.361. The topological polar surface area (TPSA) is 42.1 Å². The third-order valence-electron chi connectivity index (χ3n) is 3.42. The highest BCUT2D eigenvalue weighted by molar-refractivity contribution is 5.46. The first-order chi connectivity index (χ1) is 7.18. The van der Waals surface area contributed by atoms with Gasteiger partial charge in [0.05, 0.1) is 0 Å². The summed E-state index contributed by atoms with van der Waals surface area (Å²) in [5.41, 5.74) is 5.71. The summed E-state index contributed by atoms with van der Waals surface area (Å²) in [7, 11) is 0. The number of nitrogen functional groups attached to an aromatic ring is 1. The molecule has 2 rings (SSSR count). The molecule has 0 aromatic carbocycles.